The molecule has 432 valence electrons. The van der Waals surface area contributed by atoms with E-state index >= 15 is 0 Å². The average Bonchev–Trinajstić information content (AvgIpc) is 3.40. The first-order chi connectivity index (χ1) is 36.5. The van der Waals surface area contributed by atoms with Crippen LogP contribution >= 0.6 is 0 Å². The van der Waals surface area contributed by atoms with E-state index in [0.29, 0.717) is 19.4 Å². The zero-order valence-corrected chi connectivity index (χ0v) is 49.3. The summed E-state index contributed by atoms with van der Waals surface area (Å²) in [7, 11) is 0. The van der Waals surface area contributed by atoms with Gasteiger partial charge in [0.1, 0.15) is 0 Å². The van der Waals surface area contributed by atoms with Crippen molar-refractivity contribution in [2.75, 3.05) is 13.2 Å². The Labute approximate surface area is 460 Å². The van der Waals surface area contributed by atoms with E-state index in [-0.39, 0.29) is 18.5 Å². The van der Waals surface area contributed by atoms with Crippen molar-refractivity contribution in [1.29, 1.82) is 0 Å². The van der Waals surface area contributed by atoms with Gasteiger partial charge in [0.15, 0.2) is 0 Å². The van der Waals surface area contributed by atoms with E-state index < -0.39 is 12.1 Å². The second kappa shape index (κ2) is 63.1. The van der Waals surface area contributed by atoms with Crippen molar-refractivity contribution in [2.24, 2.45) is 0 Å². The van der Waals surface area contributed by atoms with Crippen molar-refractivity contribution in [3.8, 4) is 0 Å². The maximum absolute atomic E-state index is 12.5. The summed E-state index contributed by atoms with van der Waals surface area (Å²) in [6, 6.07) is -0.634. The van der Waals surface area contributed by atoms with E-state index in [1.807, 2.05) is 6.08 Å². The molecule has 2 unspecified atom stereocenters. The van der Waals surface area contributed by atoms with Gasteiger partial charge in [-0.2, -0.15) is 0 Å². The Hall–Kier alpha value is -2.44. The minimum atomic E-state index is -0.851. The molecule has 0 aliphatic heterocycles. The molecule has 0 fully saturated rings. The van der Waals surface area contributed by atoms with Crippen LogP contribution < -0.4 is 5.32 Å². The van der Waals surface area contributed by atoms with Crippen LogP contribution in [0.25, 0.3) is 0 Å². The van der Waals surface area contributed by atoms with Crippen LogP contribution in [-0.2, 0) is 14.3 Å². The molecule has 6 heteroatoms. The zero-order chi connectivity index (χ0) is 53.6. The van der Waals surface area contributed by atoms with Gasteiger partial charge in [-0.05, 0) is 83.5 Å². The number of ether oxygens (including phenoxy) is 1. The van der Waals surface area contributed by atoms with Crippen molar-refractivity contribution < 1.29 is 24.5 Å². The number of hydrogen-bond donors (Lipinski definition) is 3. The molecule has 6 nitrogen and oxygen atoms in total. The van der Waals surface area contributed by atoms with Gasteiger partial charge in [0, 0.05) is 12.8 Å². The predicted molar refractivity (Wildman–Crippen MR) is 324 cm³/mol. The summed E-state index contributed by atoms with van der Waals surface area (Å²) in [4.78, 5) is 24.5. The number of aliphatic hydroxyl groups excluding tert-OH is 2. The molecule has 0 bridgehead atoms. The lowest BCUT2D eigenvalue weighted by Crippen LogP contribution is -2.45. The second-order valence-electron chi connectivity index (χ2n) is 22.1. The number of unbranched alkanes of at least 4 members (excludes halogenated alkanes) is 41. The van der Waals surface area contributed by atoms with Crippen LogP contribution in [0, 0.1) is 0 Å². The maximum atomic E-state index is 12.5. The summed E-state index contributed by atoms with van der Waals surface area (Å²) >= 11 is 0. The van der Waals surface area contributed by atoms with Gasteiger partial charge in [0.25, 0.3) is 0 Å². The summed E-state index contributed by atoms with van der Waals surface area (Å²) in [5.74, 6) is -0.121. The van der Waals surface area contributed by atoms with E-state index in [9.17, 15) is 19.8 Å². The van der Waals surface area contributed by atoms with Crippen LogP contribution in [0.1, 0.15) is 335 Å². The van der Waals surface area contributed by atoms with Gasteiger partial charge in [-0.25, -0.2) is 0 Å². The largest absolute Gasteiger partial charge is 0.465 e. The first-order valence-corrected chi connectivity index (χ1v) is 32.6. The molecule has 0 aromatic carbocycles. The van der Waals surface area contributed by atoms with E-state index in [4.69, 9.17) is 4.74 Å². The van der Waals surface area contributed by atoms with Crippen LogP contribution in [-0.4, -0.2) is 47.4 Å². The third-order valence-electron chi connectivity index (χ3n) is 14.8. The molecule has 74 heavy (non-hydrogen) atoms. The summed E-state index contributed by atoms with van der Waals surface area (Å²) in [6.45, 7) is 4.78. The highest BCUT2D eigenvalue weighted by Gasteiger charge is 2.18. The number of esters is 1. The van der Waals surface area contributed by atoms with E-state index in [0.717, 1.165) is 64.2 Å². The number of carbonyl (C=O) groups excluding carboxylic acids is 2. The lowest BCUT2D eigenvalue weighted by atomic mass is 10.0. The monoisotopic (exact) mass is 1040 g/mol. The molecule has 0 aromatic rings. The third-order valence-corrected chi connectivity index (χ3v) is 14.8. The van der Waals surface area contributed by atoms with Gasteiger partial charge >= 0.3 is 5.97 Å². The summed E-state index contributed by atoms with van der Waals surface area (Å²) in [5, 5.41) is 23.2. The Morgan fingerprint density at radius 3 is 1.05 bits per heavy atom. The lowest BCUT2D eigenvalue weighted by molar-refractivity contribution is -0.143. The smallest absolute Gasteiger partial charge is 0.305 e. The van der Waals surface area contributed by atoms with E-state index in [1.165, 1.54) is 244 Å². The highest BCUT2D eigenvalue weighted by Crippen LogP contribution is 2.17. The molecule has 0 heterocycles. The Bertz CT molecular complexity index is 1290. The molecule has 0 saturated heterocycles. The minimum Gasteiger partial charge on any atom is -0.465 e. The number of hydrogen-bond acceptors (Lipinski definition) is 5. The molecule has 0 spiro atoms. The number of allylic oxidation sites excluding steroid dienone is 8. The molecule has 0 aromatic heterocycles. The minimum absolute atomic E-state index is 0.0501. The molecule has 3 N–H and O–H groups in total. The third kappa shape index (κ3) is 58.8. The van der Waals surface area contributed by atoms with Crippen LogP contribution in [0.2, 0.25) is 0 Å². The van der Waals surface area contributed by atoms with Gasteiger partial charge in [0.05, 0.1) is 25.4 Å². The molecule has 2 atom stereocenters. The molecular weight excluding hydrogens is 911 g/mol. The van der Waals surface area contributed by atoms with Crippen LogP contribution in [0.3, 0.4) is 0 Å². The quantitative estimate of drug-likeness (QED) is 0.0320. The Kier molecular flexibility index (Phi) is 61.0. The van der Waals surface area contributed by atoms with Crippen LogP contribution in [0.4, 0.5) is 0 Å². The Morgan fingerprint density at radius 1 is 0.378 bits per heavy atom. The lowest BCUT2D eigenvalue weighted by Gasteiger charge is -2.20. The van der Waals surface area contributed by atoms with Crippen LogP contribution in [0.5, 0.6) is 0 Å². The summed E-state index contributed by atoms with van der Waals surface area (Å²) in [6.07, 6.45) is 82.8. The fourth-order valence-corrected chi connectivity index (χ4v) is 9.80. The Morgan fingerprint density at radius 2 is 0.676 bits per heavy atom. The molecule has 1 amide bonds. The highest BCUT2D eigenvalue weighted by molar-refractivity contribution is 5.76. The van der Waals surface area contributed by atoms with Gasteiger partial charge in [-0.15, -0.1) is 0 Å². The number of rotatable bonds is 60. The zero-order valence-electron chi connectivity index (χ0n) is 49.3. The van der Waals surface area contributed by atoms with Gasteiger partial charge in [-0.3, -0.25) is 9.59 Å². The maximum Gasteiger partial charge on any atom is 0.305 e. The molecule has 0 saturated carbocycles. The molecule has 0 aliphatic carbocycles. The first kappa shape index (κ1) is 71.6. The van der Waals surface area contributed by atoms with Crippen molar-refractivity contribution in [3.63, 3.8) is 0 Å². The van der Waals surface area contributed by atoms with E-state index in [2.05, 4.69) is 67.8 Å². The SMILES string of the molecule is CCCCC/C=C\C/C=C\CCCCCCCC(=O)OCC/C=C\C/C=C\CCCCCCCCCCCCCCCCC(=O)NC(CO)C(O)/C=C/CCCCCCCCCCCCCCCCCCCCC. The predicted octanol–water partition coefficient (Wildman–Crippen LogP) is 20.7. The summed E-state index contributed by atoms with van der Waals surface area (Å²) < 4.78 is 5.41. The highest BCUT2D eigenvalue weighted by atomic mass is 16.5. The van der Waals surface area contributed by atoms with Crippen LogP contribution in [0.15, 0.2) is 60.8 Å². The topological polar surface area (TPSA) is 95.9 Å². The first-order valence-electron chi connectivity index (χ1n) is 32.6. The number of amides is 1. The molecular formula is C68H125NO5. The van der Waals surface area contributed by atoms with Crippen molar-refractivity contribution >= 4 is 11.9 Å². The number of nitrogens with one attached hydrogen (secondary N) is 1. The standard InChI is InChI=1S/C68H125NO5/c1-3-5-7-9-11-13-15-17-19-20-21-23-26-29-33-36-40-44-48-52-56-60-66(71)65(64-70)69-67(72)61-57-53-49-45-41-37-34-30-27-24-22-25-28-31-35-39-43-47-51-55-59-63-74-68(73)62-58-54-50-46-42-38-32-18-16-14-12-10-8-6-4-2/h12,14,18,32,39,43,51,55-56,60,65-66,70-71H,3-11,13,15-17,19-31,33-38,40-42,44-50,52-54,57-59,61-64H2,1-2H3,(H,69,72)/b14-12-,32-18-,43-39-,55-51-,60-56+. The molecule has 0 radical (unpaired) electrons. The molecule has 0 rings (SSSR count). The Balaban J connectivity index is 3.49. The van der Waals surface area contributed by atoms with Crippen molar-refractivity contribution in [2.45, 2.75) is 347 Å². The van der Waals surface area contributed by atoms with Gasteiger partial charge in [-0.1, -0.05) is 299 Å². The van der Waals surface area contributed by atoms with Crippen molar-refractivity contribution in [1.82, 2.24) is 5.32 Å². The van der Waals surface area contributed by atoms with E-state index in [1.54, 1.807) is 6.08 Å². The molecule has 0 aliphatic rings. The van der Waals surface area contributed by atoms with Gasteiger partial charge in [0.2, 0.25) is 5.91 Å². The second-order valence-corrected chi connectivity index (χ2v) is 22.1. The summed E-state index contributed by atoms with van der Waals surface area (Å²) in [5.41, 5.74) is 0. The van der Waals surface area contributed by atoms with Gasteiger partial charge < -0.3 is 20.3 Å². The number of aliphatic hydroxyl groups is 2. The normalized spacial score (nSPS) is 13.0. The number of carbonyl (C=O) groups is 2. The fourth-order valence-electron chi connectivity index (χ4n) is 9.80. The average molecular weight is 1040 g/mol. The fraction of sp³-hybridized carbons (Fsp3) is 0.824. The van der Waals surface area contributed by atoms with Crippen molar-refractivity contribution in [3.05, 3.63) is 60.8 Å².